The number of hydrogen-bond acceptors (Lipinski definition) is 5. The summed E-state index contributed by atoms with van der Waals surface area (Å²) in [6, 6.07) is 0. The van der Waals surface area contributed by atoms with Crippen LogP contribution in [0, 0.1) is 0 Å². The lowest BCUT2D eigenvalue weighted by Crippen LogP contribution is -2.15. The highest BCUT2D eigenvalue weighted by Crippen LogP contribution is 2.19. The van der Waals surface area contributed by atoms with E-state index in [2.05, 4.69) is 31.7 Å². The first kappa shape index (κ1) is 10.4. The molecule has 0 atom stereocenters. The molecular weight excluding hydrogens is 236 g/mol. The zero-order valence-electron chi connectivity index (χ0n) is 9.37. The Bertz CT molecular complexity index is 608. The maximum absolute atomic E-state index is 4.57. The Kier molecular flexibility index (Phi) is 2.62. The van der Waals surface area contributed by atoms with Crippen LogP contribution in [-0.4, -0.2) is 30.7 Å². The van der Waals surface area contributed by atoms with Gasteiger partial charge in [0.05, 0.1) is 5.69 Å². The van der Waals surface area contributed by atoms with Crippen LogP contribution in [0.25, 0.3) is 10.8 Å². The third kappa shape index (κ3) is 1.73. The Morgan fingerprint density at radius 3 is 3.18 bits per heavy atom. The molecule has 3 rings (SSSR count). The summed E-state index contributed by atoms with van der Waals surface area (Å²) in [6.07, 6.45) is 5.21. The van der Waals surface area contributed by atoms with Gasteiger partial charge in [-0.15, -0.1) is 11.3 Å². The maximum atomic E-state index is 4.57. The van der Waals surface area contributed by atoms with E-state index in [1.807, 2.05) is 11.6 Å². The lowest BCUT2D eigenvalue weighted by Gasteiger charge is -2.03. The summed E-state index contributed by atoms with van der Waals surface area (Å²) in [5, 5.41) is 9.48. The van der Waals surface area contributed by atoms with Gasteiger partial charge in [-0.2, -0.15) is 10.1 Å². The Labute approximate surface area is 102 Å². The van der Waals surface area contributed by atoms with Crippen LogP contribution < -0.4 is 5.32 Å². The molecule has 0 aliphatic rings. The van der Waals surface area contributed by atoms with Gasteiger partial charge < -0.3 is 5.32 Å². The number of nitrogens with zero attached hydrogens (tertiary/aromatic N) is 5. The van der Waals surface area contributed by atoms with Crippen LogP contribution in [-0.2, 0) is 6.54 Å². The maximum Gasteiger partial charge on any atom is 0.196 e. The van der Waals surface area contributed by atoms with Crippen LogP contribution >= 0.6 is 11.3 Å². The van der Waals surface area contributed by atoms with Gasteiger partial charge in [-0.1, -0.05) is 6.92 Å². The second kappa shape index (κ2) is 4.27. The van der Waals surface area contributed by atoms with Crippen molar-refractivity contribution in [1.82, 2.24) is 29.5 Å². The number of rotatable bonds is 4. The first-order valence-corrected chi connectivity index (χ1v) is 6.28. The summed E-state index contributed by atoms with van der Waals surface area (Å²) in [4.78, 5) is 9.51. The molecule has 0 unspecified atom stereocenters. The minimum absolute atomic E-state index is 0.767. The molecule has 0 saturated heterocycles. The normalized spacial score (nSPS) is 11.4. The van der Waals surface area contributed by atoms with Crippen LogP contribution in [0.15, 0.2) is 24.2 Å². The SMILES string of the molecule is CCNCc1c(-n2cncn2)nc2sccn12. The largest absolute Gasteiger partial charge is 0.311 e. The first-order valence-electron chi connectivity index (χ1n) is 5.40. The Morgan fingerprint density at radius 1 is 1.47 bits per heavy atom. The molecule has 3 aromatic heterocycles. The van der Waals surface area contributed by atoms with Crippen molar-refractivity contribution in [3.05, 3.63) is 29.9 Å². The van der Waals surface area contributed by atoms with Gasteiger partial charge in [-0.25, -0.2) is 9.67 Å². The molecule has 0 saturated carbocycles. The number of thiazole rings is 1. The summed E-state index contributed by atoms with van der Waals surface area (Å²) in [5.74, 6) is 0.843. The molecule has 0 amide bonds. The summed E-state index contributed by atoms with van der Waals surface area (Å²) in [5.41, 5.74) is 1.11. The summed E-state index contributed by atoms with van der Waals surface area (Å²) < 4.78 is 3.79. The van der Waals surface area contributed by atoms with Crippen molar-refractivity contribution in [3.8, 4) is 5.82 Å². The molecule has 0 radical (unpaired) electrons. The van der Waals surface area contributed by atoms with E-state index in [0.29, 0.717) is 0 Å². The molecule has 3 heterocycles. The molecule has 3 aromatic rings. The fourth-order valence-corrected chi connectivity index (χ4v) is 2.46. The Morgan fingerprint density at radius 2 is 2.41 bits per heavy atom. The highest BCUT2D eigenvalue weighted by Gasteiger charge is 2.14. The van der Waals surface area contributed by atoms with Gasteiger partial charge in [0.1, 0.15) is 12.7 Å². The molecule has 0 aliphatic heterocycles. The van der Waals surface area contributed by atoms with Crippen LogP contribution in [0.1, 0.15) is 12.6 Å². The number of fused-ring (bicyclic) bond motifs is 1. The van der Waals surface area contributed by atoms with E-state index < -0.39 is 0 Å². The van der Waals surface area contributed by atoms with Gasteiger partial charge in [0.25, 0.3) is 0 Å². The van der Waals surface area contributed by atoms with Gasteiger partial charge in [-0.05, 0) is 6.54 Å². The average Bonchev–Trinajstić information content (AvgIpc) is 3.02. The number of hydrogen-bond donors (Lipinski definition) is 1. The van der Waals surface area contributed by atoms with E-state index in [0.717, 1.165) is 29.6 Å². The minimum atomic E-state index is 0.767. The molecule has 17 heavy (non-hydrogen) atoms. The van der Waals surface area contributed by atoms with Gasteiger partial charge in [-0.3, -0.25) is 4.40 Å². The highest BCUT2D eigenvalue weighted by atomic mass is 32.1. The summed E-state index contributed by atoms with van der Waals surface area (Å²) in [6.45, 7) is 3.78. The minimum Gasteiger partial charge on any atom is -0.311 e. The lowest BCUT2D eigenvalue weighted by atomic mass is 10.4. The predicted octanol–water partition coefficient (Wildman–Crippen LogP) is 1.09. The van der Waals surface area contributed by atoms with Crippen LogP contribution in [0.5, 0.6) is 0 Å². The summed E-state index contributed by atoms with van der Waals surface area (Å²) >= 11 is 1.62. The molecule has 1 N–H and O–H groups in total. The van der Waals surface area contributed by atoms with E-state index in [9.17, 15) is 0 Å². The zero-order chi connectivity index (χ0) is 11.7. The van der Waals surface area contributed by atoms with Crippen LogP contribution in [0.4, 0.5) is 0 Å². The molecule has 6 nitrogen and oxygen atoms in total. The fraction of sp³-hybridized carbons (Fsp3) is 0.300. The van der Waals surface area contributed by atoms with Crippen molar-refractivity contribution in [3.63, 3.8) is 0 Å². The summed E-state index contributed by atoms with van der Waals surface area (Å²) in [7, 11) is 0. The molecule has 0 fully saturated rings. The second-order valence-corrected chi connectivity index (χ2v) is 4.43. The standard InChI is InChI=1S/C10H12N6S/c1-2-11-5-8-9(16-7-12-6-13-16)14-10-15(8)3-4-17-10/h3-4,6-7,11H,2,5H2,1H3. The fourth-order valence-electron chi connectivity index (χ4n) is 1.73. The zero-order valence-corrected chi connectivity index (χ0v) is 10.2. The highest BCUT2D eigenvalue weighted by molar-refractivity contribution is 7.15. The van der Waals surface area contributed by atoms with E-state index in [1.54, 1.807) is 22.3 Å². The molecule has 0 aliphatic carbocycles. The smallest absolute Gasteiger partial charge is 0.196 e. The van der Waals surface area contributed by atoms with Crippen molar-refractivity contribution in [2.45, 2.75) is 13.5 Å². The quantitative estimate of drug-likeness (QED) is 0.750. The predicted molar refractivity (Wildman–Crippen MR) is 65.4 cm³/mol. The van der Waals surface area contributed by atoms with Crippen molar-refractivity contribution < 1.29 is 0 Å². The lowest BCUT2D eigenvalue weighted by molar-refractivity contribution is 0.694. The van der Waals surface area contributed by atoms with E-state index in [4.69, 9.17) is 0 Å². The van der Waals surface area contributed by atoms with Crippen molar-refractivity contribution in [1.29, 1.82) is 0 Å². The molecule has 0 spiro atoms. The van der Waals surface area contributed by atoms with Crippen molar-refractivity contribution in [2.75, 3.05) is 6.54 Å². The van der Waals surface area contributed by atoms with Gasteiger partial charge in [0.2, 0.25) is 0 Å². The average molecular weight is 248 g/mol. The molecule has 0 bridgehead atoms. The van der Waals surface area contributed by atoms with Crippen LogP contribution in [0.2, 0.25) is 0 Å². The van der Waals surface area contributed by atoms with Gasteiger partial charge in [0, 0.05) is 18.1 Å². The number of aromatic nitrogens is 5. The van der Waals surface area contributed by atoms with Gasteiger partial charge in [0.15, 0.2) is 10.8 Å². The monoisotopic (exact) mass is 248 g/mol. The Balaban J connectivity index is 2.12. The third-order valence-electron chi connectivity index (χ3n) is 2.52. The Hall–Kier alpha value is -1.73. The first-order chi connectivity index (χ1) is 8.40. The molecular formula is C10H12N6S. The molecule has 88 valence electrons. The van der Waals surface area contributed by atoms with E-state index in [1.165, 1.54) is 6.33 Å². The van der Waals surface area contributed by atoms with Crippen molar-refractivity contribution >= 4 is 16.3 Å². The number of imidazole rings is 1. The molecule has 7 heteroatoms. The number of nitrogens with one attached hydrogen (secondary N) is 1. The molecule has 0 aromatic carbocycles. The third-order valence-corrected chi connectivity index (χ3v) is 3.27. The van der Waals surface area contributed by atoms with E-state index in [-0.39, 0.29) is 0 Å². The second-order valence-electron chi connectivity index (χ2n) is 3.56. The van der Waals surface area contributed by atoms with Crippen LogP contribution in [0.3, 0.4) is 0 Å². The topological polar surface area (TPSA) is 60.0 Å². The van der Waals surface area contributed by atoms with Crippen molar-refractivity contribution in [2.24, 2.45) is 0 Å². The van der Waals surface area contributed by atoms with Gasteiger partial charge >= 0.3 is 0 Å². The van der Waals surface area contributed by atoms with E-state index >= 15 is 0 Å².